The highest BCUT2D eigenvalue weighted by molar-refractivity contribution is 5.75. The Hall–Kier alpha value is -3.70. The fraction of sp³-hybridized carbons (Fsp3) is 0.290. The Morgan fingerprint density at radius 2 is 1.33 bits per heavy atom. The first-order valence-electron chi connectivity index (χ1n) is 12.5. The summed E-state index contributed by atoms with van der Waals surface area (Å²) in [5.74, 6) is -0.357. The third-order valence-corrected chi connectivity index (χ3v) is 6.26. The third kappa shape index (κ3) is 5.58. The molecule has 4 rings (SSSR count). The highest BCUT2D eigenvalue weighted by Gasteiger charge is 2.38. The van der Waals surface area contributed by atoms with E-state index in [0.717, 1.165) is 35.2 Å². The van der Waals surface area contributed by atoms with Crippen molar-refractivity contribution >= 4 is 5.97 Å². The number of hydrogen-bond acceptors (Lipinski definition) is 4. The Kier molecular flexibility index (Phi) is 7.70. The largest absolute Gasteiger partial charge is 0.459 e. The fourth-order valence-corrected chi connectivity index (χ4v) is 4.66. The van der Waals surface area contributed by atoms with Gasteiger partial charge in [0, 0.05) is 6.20 Å². The number of ether oxygens (including phenoxy) is 1. The van der Waals surface area contributed by atoms with Crippen LogP contribution in [-0.2, 0) is 21.5 Å². The second-order valence-corrected chi connectivity index (χ2v) is 10.1. The van der Waals surface area contributed by atoms with E-state index in [9.17, 15) is 4.79 Å². The third-order valence-electron chi connectivity index (χ3n) is 6.26. The number of benzene rings is 3. The molecule has 5 nitrogen and oxygen atoms in total. The van der Waals surface area contributed by atoms with E-state index in [1.54, 1.807) is 0 Å². The normalized spacial score (nSPS) is 12.8. The van der Waals surface area contributed by atoms with Gasteiger partial charge >= 0.3 is 5.97 Å². The zero-order chi connectivity index (χ0) is 25.6. The van der Waals surface area contributed by atoms with Gasteiger partial charge in [-0.1, -0.05) is 91.0 Å². The van der Waals surface area contributed by atoms with Crippen molar-refractivity contribution in [2.45, 2.75) is 57.2 Å². The van der Waals surface area contributed by atoms with Crippen LogP contribution >= 0.6 is 0 Å². The molecule has 0 amide bonds. The molecular weight excluding hydrogens is 446 g/mol. The van der Waals surface area contributed by atoms with Crippen LogP contribution in [0.15, 0.2) is 104 Å². The van der Waals surface area contributed by atoms with Crippen molar-refractivity contribution < 1.29 is 9.53 Å². The minimum Gasteiger partial charge on any atom is -0.459 e. The standard InChI is InChI=1S/C31H35N3O2/c1-30(2,3)36-29(35)28(32)21-13-20-27-22-34(23-33-27)31(24-14-7-4-8-15-24,25-16-9-5-10-17-25)26-18-11-6-12-19-26/h4-12,14-19,22-23,28H,13,20-21,32H2,1-3H3. The first kappa shape index (κ1) is 25.4. The number of nitrogens with two attached hydrogens (primary N) is 1. The van der Waals surface area contributed by atoms with Crippen LogP contribution in [0.2, 0.25) is 0 Å². The molecule has 1 aromatic heterocycles. The van der Waals surface area contributed by atoms with Gasteiger partial charge in [0.25, 0.3) is 0 Å². The Bertz CT molecular complexity index is 1150. The molecule has 4 aromatic rings. The zero-order valence-electron chi connectivity index (χ0n) is 21.3. The molecule has 1 unspecified atom stereocenters. The lowest BCUT2D eigenvalue weighted by atomic mass is 9.77. The van der Waals surface area contributed by atoms with E-state index in [1.807, 2.05) is 45.3 Å². The van der Waals surface area contributed by atoms with Crippen molar-refractivity contribution in [1.29, 1.82) is 0 Å². The average molecular weight is 482 g/mol. The van der Waals surface area contributed by atoms with Crippen molar-refractivity contribution in [2.24, 2.45) is 5.73 Å². The van der Waals surface area contributed by atoms with Gasteiger partial charge in [0.2, 0.25) is 0 Å². The molecule has 0 saturated heterocycles. The van der Waals surface area contributed by atoms with E-state index in [1.165, 1.54) is 0 Å². The summed E-state index contributed by atoms with van der Waals surface area (Å²) in [6, 6.07) is 30.9. The van der Waals surface area contributed by atoms with Gasteiger partial charge in [-0.2, -0.15) is 0 Å². The Morgan fingerprint density at radius 3 is 1.78 bits per heavy atom. The van der Waals surface area contributed by atoms with Gasteiger partial charge in [-0.3, -0.25) is 4.79 Å². The first-order chi connectivity index (χ1) is 17.3. The summed E-state index contributed by atoms with van der Waals surface area (Å²) in [7, 11) is 0. The lowest BCUT2D eigenvalue weighted by Crippen LogP contribution is -2.37. The number of carbonyl (C=O) groups is 1. The van der Waals surface area contributed by atoms with Crippen molar-refractivity contribution in [3.05, 3.63) is 126 Å². The van der Waals surface area contributed by atoms with Crippen molar-refractivity contribution in [2.75, 3.05) is 0 Å². The van der Waals surface area contributed by atoms with Gasteiger partial charge in [-0.15, -0.1) is 0 Å². The predicted molar refractivity (Wildman–Crippen MR) is 144 cm³/mol. The molecule has 2 N–H and O–H groups in total. The molecule has 186 valence electrons. The smallest absolute Gasteiger partial charge is 0.323 e. The van der Waals surface area contributed by atoms with Crippen LogP contribution in [0.25, 0.3) is 0 Å². The Balaban J connectivity index is 1.65. The summed E-state index contributed by atoms with van der Waals surface area (Å²) in [4.78, 5) is 17.0. The second-order valence-electron chi connectivity index (χ2n) is 10.1. The maximum Gasteiger partial charge on any atom is 0.323 e. The number of aryl methyl sites for hydroxylation is 1. The molecule has 1 atom stereocenters. The van der Waals surface area contributed by atoms with Gasteiger partial charge in [0.1, 0.15) is 17.2 Å². The molecule has 0 bridgehead atoms. The summed E-state index contributed by atoms with van der Waals surface area (Å²) >= 11 is 0. The van der Waals surface area contributed by atoms with Gasteiger partial charge in [-0.25, -0.2) is 4.98 Å². The van der Waals surface area contributed by atoms with Gasteiger partial charge in [-0.05, 0) is 56.7 Å². The highest BCUT2D eigenvalue weighted by Crippen LogP contribution is 2.40. The van der Waals surface area contributed by atoms with E-state index >= 15 is 0 Å². The molecule has 0 fully saturated rings. The van der Waals surface area contributed by atoms with Crippen LogP contribution in [0.3, 0.4) is 0 Å². The van der Waals surface area contributed by atoms with Crippen LogP contribution in [-0.4, -0.2) is 27.2 Å². The second kappa shape index (κ2) is 10.9. The van der Waals surface area contributed by atoms with E-state index in [2.05, 4.69) is 83.6 Å². The van der Waals surface area contributed by atoms with Gasteiger partial charge in [0.15, 0.2) is 0 Å². The number of nitrogens with zero attached hydrogens (tertiary/aromatic N) is 2. The minimum absolute atomic E-state index is 0.357. The Morgan fingerprint density at radius 1 is 0.861 bits per heavy atom. The summed E-state index contributed by atoms with van der Waals surface area (Å²) < 4.78 is 7.62. The molecule has 5 heteroatoms. The number of aromatic nitrogens is 2. The SMILES string of the molecule is CC(C)(C)OC(=O)C(N)CCCc1cn(C(c2ccccc2)(c2ccccc2)c2ccccc2)cn1. The van der Waals surface area contributed by atoms with Crippen LogP contribution in [0.5, 0.6) is 0 Å². The van der Waals surface area contributed by atoms with E-state index in [-0.39, 0.29) is 5.97 Å². The lowest BCUT2D eigenvalue weighted by Gasteiger charge is -2.37. The van der Waals surface area contributed by atoms with Crippen LogP contribution in [0, 0.1) is 0 Å². The van der Waals surface area contributed by atoms with Crippen LogP contribution in [0.1, 0.15) is 56.0 Å². The molecule has 0 radical (unpaired) electrons. The zero-order valence-corrected chi connectivity index (χ0v) is 21.3. The first-order valence-corrected chi connectivity index (χ1v) is 12.5. The fourth-order valence-electron chi connectivity index (χ4n) is 4.66. The minimum atomic E-state index is -0.636. The number of rotatable bonds is 9. The Labute approximate surface area is 214 Å². The van der Waals surface area contributed by atoms with Crippen LogP contribution in [0.4, 0.5) is 0 Å². The van der Waals surface area contributed by atoms with E-state index in [4.69, 9.17) is 15.5 Å². The number of carbonyl (C=O) groups excluding carboxylic acids is 1. The molecule has 0 spiro atoms. The van der Waals surface area contributed by atoms with E-state index in [0.29, 0.717) is 6.42 Å². The quantitative estimate of drug-likeness (QED) is 0.245. The van der Waals surface area contributed by atoms with Crippen molar-refractivity contribution in [3.63, 3.8) is 0 Å². The molecule has 0 aliphatic heterocycles. The summed E-state index contributed by atoms with van der Waals surface area (Å²) in [6.07, 6.45) is 6.04. The highest BCUT2D eigenvalue weighted by atomic mass is 16.6. The van der Waals surface area contributed by atoms with E-state index < -0.39 is 17.2 Å². The van der Waals surface area contributed by atoms with Crippen molar-refractivity contribution in [3.8, 4) is 0 Å². The summed E-state index contributed by atoms with van der Waals surface area (Å²) in [5, 5.41) is 0. The monoisotopic (exact) mass is 481 g/mol. The predicted octanol–water partition coefficient (Wildman–Crippen LogP) is 5.72. The molecule has 3 aromatic carbocycles. The number of esters is 1. The summed E-state index contributed by atoms with van der Waals surface area (Å²) in [6.45, 7) is 5.55. The maximum atomic E-state index is 12.2. The van der Waals surface area contributed by atoms with Gasteiger partial charge < -0.3 is 15.0 Å². The molecule has 1 heterocycles. The summed E-state index contributed by atoms with van der Waals surface area (Å²) in [5.41, 5.74) is 9.38. The van der Waals surface area contributed by atoms with Crippen molar-refractivity contribution in [1.82, 2.24) is 9.55 Å². The average Bonchev–Trinajstić information content (AvgIpc) is 3.34. The van der Waals surface area contributed by atoms with Gasteiger partial charge in [0.05, 0.1) is 12.0 Å². The maximum absolute atomic E-state index is 12.2. The molecule has 0 aliphatic carbocycles. The molecular formula is C31H35N3O2. The number of hydrogen-bond donors (Lipinski definition) is 1. The molecule has 36 heavy (non-hydrogen) atoms. The number of imidazole rings is 1. The molecule has 0 aliphatic rings. The topological polar surface area (TPSA) is 70.1 Å². The van der Waals surface area contributed by atoms with Crippen LogP contribution < -0.4 is 5.73 Å². The lowest BCUT2D eigenvalue weighted by molar-refractivity contribution is -0.156. The molecule has 0 saturated carbocycles.